The first-order valence-corrected chi connectivity index (χ1v) is 11.0. The molecule has 1 unspecified atom stereocenters. The van der Waals surface area contributed by atoms with Gasteiger partial charge in [0.05, 0.1) is 18.8 Å². The second kappa shape index (κ2) is 12.6. The highest BCUT2D eigenvalue weighted by Crippen LogP contribution is 2.18. The number of guanidine groups is 1. The molecule has 1 atom stereocenters. The molecule has 0 bridgehead atoms. The minimum Gasteiger partial charge on any atom is -0.376 e. The molecule has 0 aromatic heterocycles. The highest BCUT2D eigenvalue weighted by molar-refractivity contribution is 5.80. The number of ether oxygens (including phenoxy) is 2. The summed E-state index contributed by atoms with van der Waals surface area (Å²) in [5.74, 6) is 1.89. The summed E-state index contributed by atoms with van der Waals surface area (Å²) in [7, 11) is 0. The first kappa shape index (κ1) is 21.5. The molecule has 2 fully saturated rings. The van der Waals surface area contributed by atoms with E-state index in [-0.39, 0.29) is 0 Å². The third-order valence-electron chi connectivity index (χ3n) is 5.32. The van der Waals surface area contributed by atoms with Crippen molar-refractivity contribution in [1.82, 2.24) is 10.2 Å². The number of rotatable bonds is 9. The Labute approximate surface area is 160 Å². The van der Waals surface area contributed by atoms with E-state index in [1.165, 1.54) is 32.1 Å². The molecule has 0 aliphatic carbocycles. The lowest BCUT2D eigenvalue weighted by atomic mass is 10.1. The topological polar surface area (TPSA) is 46.1 Å². The summed E-state index contributed by atoms with van der Waals surface area (Å²) in [6.45, 7) is 12.3. The van der Waals surface area contributed by atoms with Gasteiger partial charge in [0.1, 0.15) is 0 Å². The maximum Gasteiger partial charge on any atom is 0.193 e. The lowest BCUT2D eigenvalue weighted by Gasteiger charge is -2.35. The van der Waals surface area contributed by atoms with Crippen LogP contribution < -0.4 is 5.32 Å². The van der Waals surface area contributed by atoms with E-state index >= 15 is 0 Å². The van der Waals surface area contributed by atoms with Gasteiger partial charge in [-0.1, -0.05) is 26.7 Å². The summed E-state index contributed by atoms with van der Waals surface area (Å²) >= 11 is 0. The summed E-state index contributed by atoms with van der Waals surface area (Å²) in [6, 6.07) is 0. The maximum atomic E-state index is 6.13. The zero-order valence-corrected chi connectivity index (χ0v) is 17.3. The Morgan fingerprint density at radius 2 is 2.00 bits per heavy atom. The smallest absolute Gasteiger partial charge is 0.193 e. The van der Waals surface area contributed by atoms with Gasteiger partial charge in [0.2, 0.25) is 0 Å². The number of unbranched alkanes of at least 4 members (excludes halogenated alkanes) is 1. The Hall–Kier alpha value is -0.810. The van der Waals surface area contributed by atoms with E-state index < -0.39 is 0 Å². The van der Waals surface area contributed by atoms with Crippen molar-refractivity contribution in [1.29, 1.82) is 0 Å². The zero-order chi connectivity index (χ0) is 18.6. The summed E-state index contributed by atoms with van der Waals surface area (Å²) < 4.78 is 11.9. The van der Waals surface area contributed by atoms with Crippen molar-refractivity contribution in [2.75, 3.05) is 39.4 Å². The molecular formula is C21H41N3O2. The summed E-state index contributed by atoms with van der Waals surface area (Å²) in [5, 5.41) is 3.47. The van der Waals surface area contributed by atoms with Gasteiger partial charge in [-0.15, -0.1) is 0 Å². The van der Waals surface area contributed by atoms with Crippen molar-refractivity contribution in [3.63, 3.8) is 0 Å². The Kier molecular flexibility index (Phi) is 10.4. The third-order valence-corrected chi connectivity index (χ3v) is 5.32. The van der Waals surface area contributed by atoms with Crippen LogP contribution in [-0.2, 0) is 9.47 Å². The first-order valence-electron chi connectivity index (χ1n) is 11.0. The van der Waals surface area contributed by atoms with Gasteiger partial charge in [-0.3, -0.25) is 4.99 Å². The Morgan fingerprint density at radius 3 is 2.65 bits per heavy atom. The Balaban J connectivity index is 1.67. The predicted molar refractivity (Wildman–Crippen MR) is 109 cm³/mol. The lowest BCUT2D eigenvalue weighted by molar-refractivity contribution is -0.0721. The molecule has 0 radical (unpaired) electrons. The molecule has 2 rings (SSSR count). The van der Waals surface area contributed by atoms with Crippen LogP contribution in [0.15, 0.2) is 4.99 Å². The van der Waals surface area contributed by atoms with Gasteiger partial charge < -0.3 is 19.7 Å². The summed E-state index contributed by atoms with van der Waals surface area (Å²) in [6.07, 6.45) is 10.3. The number of aliphatic imine (C=N–C) groups is 1. The highest BCUT2D eigenvalue weighted by Gasteiger charge is 2.23. The molecule has 5 nitrogen and oxygen atoms in total. The van der Waals surface area contributed by atoms with Crippen LogP contribution in [0.25, 0.3) is 0 Å². The monoisotopic (exact) mass is 367 g/mol. The van der Waals surface area contributed by atoms with E-state index in [1.54, 1.807) is 0 Å². The fourth-order valence-electron chi connectivity index (χ4n) is 3.69. The van der Waals surface area contributed by atoms with Crippen molar-refractivity contribution in [3.8, 4) is 0 Å². The van der Waals surface area contributed by atoms with Crippen LogP contribution in [0.1, 0.15) is 72.1 Å². The van der Waals surface area contributed by atoms with Crippen molar-refractivity contribution in [2.45, 2.75) is 84.3 Å². The van der Waals surface area contributed by atoms with Crippen molar-refractivity contribution < 1.29 is 9.47 Å². The van der Waals surface area contributed by atoms with Crippen molar-refractivity contribution in [3.05, 3.63) is 0 Å². The van der Waals surface area contributed by atoms with Crippen LogP contribution in [0, 0.1) is 5.92 Å². The van der Waals surface area contributed by atoms with Gasteiger partial charge in [0.25, 0.3) is 0 Å². The fraction of sp³-hybridized carbons (Fsp3) is 0.952. The molecule has 1 N–H and O–H groups in total. The van der Waals surface area contributed by atoms with Crippen LogP contribution in [0.2, 0.25) is 0 Å². The van der Waals surface area contributed by atoms with Crippen molar-refractivity contribution in [2.24, 2.45) is 10.9 Å². The highest BCUT2D eigenvalue weighted by atomic mass is 16.5. The molecular weight excluding hydrogens is 326 g/mol. The lowest BCUT2D eigenvalue weighted by Crippen LogP contribution is -2.47. The second-order valence-electron chi connectivity index (χ2n) is 8.13. The van der Waals surface area contributed by atoms with Crippen LogP contribution >= 0.6 is 0 Å². The number of hydrogen-bond donors (Lipinski definition) is 1. The second-order valence-corrected chi connectivity index (χ2v) is 8.13. The first-order chi connectivity index (χ1) is 12.7. The minimum absolute atomic E-state index is 0.325. The average Bonchev–Trinajstić information content (AvgIpc) is 2.66. The van der Waals surface area contributed by atoms with Gasteiger partial charge >= 0.3 is 0 Å². The quantitative estimate of drug-likeness (QED) is 0.382. The number of piperidine rings is 1. The third kappa shape index (κ3) is 8.26. The van der Waals surface area contributed by atoms with Gasteiger partial charge in [-0.25, -0.2) is 0 Å². The minimum atomic E-state index is 0.325. The van der Waals surface area contributed by atoms with Gasteiger partial charge in [-0.2, -0.15) is 0 Å². The number of nitrogens with zero attached hydrogens (tertiary/aromatic N) is 2. The largest absolute Gasteiger partial charge is 0.376 e. The molecule has 152 valence electrons. The maximum absolute atomic E-state index is 6.13. The van der Waals surface area contributed by atoms with E-state index in [9.17, 15) is 0 Å². The standard InChI is InChI=1S/C21H41N3O2/c1-4-22-21(23-13-7-5-9-18(2)3)24-14-11-19(12-15-24)26-17-20-10-6-8-16-25-20/h18-20H,4-17H2,1-3H3,(H,22,23). The summed E-state index contributed by atoms with van der Waals surface area (Å²) in [4.78, 5) is 7.25. The fourth-order valence-corrected chi connectivity index (χ4v) is 3.69. The molecule has 26 heavy (non-hydrogen) atoms. The van der Waals surface area contributed by atoms with E-state index in [0.717, 1.165) is 70.5 Å². The Morgan fingerprint density at radius 1 is 1.19 bits per heavy atom. The van der Waals surface area contributed by atoms with Crippen LogP contribution in [0.5, 0.6) is 0 Å². The average molecular weight is 368 g/mol. The zero-order valence-electron chi connectivity index (χ0n) is 17.3. The molecule has 5 heteroatoms. The number of nitrogens with one attached hydrogen (secondary N) is 1. The van der Waals surface area contributed by atoms with E-state index in [4.69, 9.17) is 14.5 Å². The van der Waals surface area contributed by atoms with Gasteiger partial charge in [0, 0.05) is 32.8 Å². The van der Waals surface area contributed by atoms with Crippen LogP contribution in [0.3, 0.4) is 0 Å². The van der Waals surface area contributed by atoms with Crippen molar-refractivity contribution >= 4 is 5.96 Å². The van der Waals surface area contributed by atoms with Crippen LogP contribution in [-0.4, -0.2) is 62.5 Å². The normalized spacial score (nSPS) is 22.8. The molecule has 2 saturated heterocycles. The molecule has 0 amide bonds. The Bertz CT molecular complexity index is 387. The van der Waals surface area contributed by atoms with E-state index in [2.05, 4.69) is 31.0 Å². The van der Waals surface area contributed by atoms with Gasteiger partial charge in [0.15, 0.2) is 5.96 Å². The molecule has 0 aromatic rings. The molecule has 0 saturated carbocycles. The summed E-state index contributed by atoms with van der Waals surface area (Å²) in [5.41, 5.74) is 0. The predicted octanol–water partition coefficient (Wildman–Crippen LogP) is 3.83. The molecule has 2 aliphatic rings. The number of likely N-dealkylation sites (tertiary alicyclic amines) is 1. The van der Waals surface area contributed by atoms with Crippen LogP contribution in [0.4, 0.5) is 0 Å². The SMILES string of the molecule is CCNC(=NCCCCC(C)C)N1CCC(OCC2CCCCO2)CC1. The van der Waals surface area contributed by atoms with E-state index in [0.29, 0.717) is 12.2 Å². The molecule has 0 spiro atoms. The molecule has 2 aliphatic heterocycles. The number of hydrogen-bond acceptors (Lipinski definition) is 3. The molecule has 0 aromatic carbocycles. The van der Waals surface area contributed by atoms with E-state index in [1.807, 2.05) is 0 Å². The van der Waals surface area contributed by atoms with Gasteiger partial charge in [-0.05, 0) is 51.4 Å². The molecule has 2 heterocycles.